The molecule has 0 unspecified atom stereocenters. The van der Waals surface area contributed by atoms with Crippen LogP contribution in [-0.4, -0.2) is 32.3 Å². The fourth-order valence-corrected chi connectivity index (χ4v) is 7.37. The van der Waals surface area contributed by atoms with Gasteiger partial charge in [0.2, 0.25) is 0 Å². The minimum atomic E-state index is 0.779. The molecular weight excluding hydrogens is 592 g/mol. The third-order valence-electron chi connectivity index (χ3n) is 9.90. The maximum atomic E-state index is 6.20. The van der Waals surface area contributed by atoms with E-state index in [9.17, 15) is 0 Å². The molecule has 6 aromatic rings. The fraction of sp³-hybridized carbons (Fsp3) is 0.476. The average molecular weight is 647 g/mol. The highest BCUT2D eigenvalue weighted by Crippen LogP contribution is 2.35. The number of pyridine rings is 2. The molecule has 6 nitrogen and oxygen atoms in total. The lowest BCUT2D eigenvalue weighted by Gasteiger charge is -2.12. The van der Waals surface area contributed by atoms with Crippen molar-refractivity contribution < 1.29 is 9.47 Å². The van der Waals surface area contributed by atoms with Crippen molar-refractivity contribution in [1.29, 1.82) is 0 Å². The Kier molecular flexibility index (Phi) is 11.5. The van der Waals surface area contributed by atoms with E-state index in [-0.39, 0.29) is 0 Å². The van der Waals surface area contributed by atoms with Gasteiger partial charge in [-0.1, -0.05) is 65.2 Å². The first kappa shape index (κ1) is 33.8. The Morgan fingerprint density at radius 2 is 0.938 bits per heavy atom. The first-order valence-corrected chi connectivity index (χ1v) is 18.6. The molecule has 0 aliphatic carbocycles. The van der Waals surface area contributed by atoms with Crippen molar-refractivity contribution in [2.75, 3.05) is 13.2 Å². The number of rotatable bonds is 19. The zero-order chi connectivity index (χ0) is 33.3. The van der Waals surface area contributed by atoms with Crippen LogP contribution >= 0.6 is 0 Å². The summed E-state index contributed by atoms with van der Waals surface area (Å²) in [7, 11) is 0. The summed E-state index contributed by atoms with van der Waals surface area (Å²) in [5.74, 6) is 1.93. The Bertz CT molecular complexity index is 1810. The summed E-state index contributed by atoms with van der Waals surface area (Å²) in [5, 5.41) is 5.14. The van der Waals surface area contributed by atoms with Crippen molar-refractivity contribution in [3.63, 3.8) is 0 Å². The maximum absolute atomic E-state index is 6.20. The third kappa shape index (κ3) is 7.48. The largest absolute Gasteiger partial charge is 0.494 e. The molecule has 0 aliphatic rings. The normalized spacial score (nSPS) is 11.8. The van der Waals surface area contributed by atoms with Crippen LogP contribution in [-0.2, 0) is 13.1 Å². The first-order chi connectivity index (χ1) is 23.6. The molecule has 48 heavy (non-hydrogen) atoms. The second-order valence-electron chi connectivity index (χ2n) is 13.5. The van der Waals surface area contributed by atoms with Gasteiger partial charge in [0.1, 0.15) is 11.5 Å². The minimum Gasteiger partial charge on any atom is -0.494 e. The summed E-state index contributed by atoms with van der Waals surface area (Å²) in [6.45, 7) is 12.3. The Labute approximate surface area is 286 Å². The van der Waals surface area contributed by atoms with Gasteiger partial charge < -0.3 is 18.6 Å². The van der Waals surface area contributed by atoms with Crippen LogP contribution in [0.2, 0.25) is 0 Å². The molecule has 0 saturated carbocycles. The van der Waals surface area contributed by atoms with E-state index in [1.807, 2.05) is 12.4 Å². The van der Waals surface area contributed by atoms with Crippen LogP contribution in [0.3, 0.4) is 0 Å². The van der Waals surface area contributed by atoms with Crippen molar-refractivity contribution in [3.8, 4) is 11.5 Å². The van der Waals surface area contributed by atoms with Gasteiger partial charge in [0.25, 0.3) is 0 Å². The van der Waals surface area contributed by atoms with Gasteiger partial charge in [-0.2, -0.15) is 0 Å². The van der Waals surface area contributed by atoms with Gasteiger partial charge >= 0.3 is 0 Å². The molecule has 0 atom stereocenters. The molecule has 0 N–H and O–H groups in total. The number of hydrogen-bond donors (Lipinski definition) is 0. The number of hydrogen-bond acceptors (Lipinski definition) is 4. The highest BCUT2D eigenvalue weighted by Gasteiger charge is 2.16. The van der Waals surface area contributed by atoms with E-state index in [1.165, 1.54) is 95.0 Å². The predicted octanol–water partition coefficient (Wildman–Crippen LogP) is 11.5. The van der Waals surface area contributed by atoms with Crippen molar-refractivity contribution in [3.05, 3.63) is 72.3 Å². The molecule has 254 valence electrons. The summed E-state index contributed by atoms with van der Waals surface area (Å²) in [6, 6.07) is 17.6. The molecular formula is C42H54N4O2. The topological polar surface area (TPSA) is 54.1 Å². The Balaban J connectivity index is 1.13. The lowest BCUT2D eigenvalue weighted by Crippen LogP contribution is -2.02. The Morgan fingerprint density at radius 3 is 1.38 bits per heavy atom. The monoisotopic (exact) mass is 646 g/mol. The van der Waals surface area contributed by atoms with Crippen LogP contribution in [0.4, 0.5) is 0 Å². The summed E-state index contributed by atoms with van der Waals surface area (Å²) in [6.07, 6.45) is 18.2. The third-order valence-corrected chi connectivity index (χ3v) is 9.90. The molecule has 0 fully saturated rings. The fourth-order valence-electron chi connectivity index (χ4n) is 7.37. The molecule has 6 rings (SSSR count). The summed E-state index contributed by atoms with van der Waals surface area (Å²) < 4.78 is 17.4. The lowest BCUT2D eigenvalue weighted by molar-refractivity contribution is 0.305. The van der Waals surface area contributed by atoms with Crippen LogP contribution in [0.25, 0.3) is 43.6 Å². The standard InChI is InChI=1S/C42H54N4O2/c1-5-7-9-15-27-47-33-17-19-35-37-21-23-43-31(3)41(37)45(39(35)29-33)25-13-11-12-14-26-46-40-30-34(48-28-16-10-8-6-2)18-20-36(40)38-22-24-44-32(4)42(38)46/h17-24,29-30H,5-16,25-28H2,1-4H3. The number of aromatic nitrogens is 4. The quantitative estimate of drug-likeness (QED) is 0.0822. The van der Waals surface area contributed by atoms with Crippen LogP contribution in [0.15, 0.2) is 60.9 Å². The molecule has 0 bridgehead atoms. The van der Waals surface area contributed by atoms with Gasteiger partial charge in [0.15, 0.2) is 0 Å². The highest BCUT2D eigenvalue weighted by molar-refractivity contribution is 6.09. The van der Waals surface area contributed by atoms with Crippen LogP contribution in [0.5, 0.6) is 11.5 Å². The second kappa shape index (κ2) is 16.4. The van der Waals surface area contributed by atoms with Crippen LogP contribution < -0.4 is 9.47 Å². The molecule has 0 amide bonds. The minimum absolute atomic E-state index is 0.779. The molecule has 0 radical (unpaired) electrons. The maximum Gasteiger partial charge on any atom is 0.121 e. The number of benzene rings is 2. The number of aryl methyl sites for hydroxylation is 4. The molecule has 4 heterocycles. The van der Waals surface area contributed by atoms with E-state index in [1.54, 1.807) is 0 Å². The van der Waals surface area contributed by atoms with Gasteiger partial charge in [-0.05, 0) is 75.9 Å². The smallest absolute Gasteiger partial charge is 0.121 e. The van der Waals surface area contributed by atoms with Gasteiger partial charge in [-0.25, -0.2) is 0 Å². The predicted molar refractivity (Wildman–Crippen MR) is 202 cm³/mol. The number of fused-ring (bicyclic) bond motifs is 6. The van der Waals surface area contributed by atoms with Crippen molar-refractivity contribution in [2.24, 2.45) is 0 Å². The van der Waals surface area contributed by atoms with Crippen LogP contribution in [0.1, 0.15) is 102 Å². The van der Waals surface area contributed by atoms with Gasteiger partial charge in [0.05, 0.1) is 46.7 Å². The number of unbranched alkanes of at least 4 members (excludes halogenated alkanes) is 9. The lowest BCUT2D eigenvalue weighted by atomic mass is 10.1. The zero-order valence-corrected chi connectivity index (χ0v) is 29.7. The second-order valence-corrected chi connectivity index (χ2v) is 13.5. The number of nitrogens with zero attached hydrogens (tertiary/aromatic N) is 4. The molecule has 6 heteroatoms. The van der Waals surface area contributed by atoms with Crippen molar-refractivity contribution in [2.45, 2.75) is 118 Å². The van der Waals surface area contributed by atoms with Crippen LogP contribution in [0, 0.1) is 13.8 Å². The summed E-state index contributed by atoms with van der Waals surface area (Å²) in [5.41, 5.74) is 7.19. The molecule has 2 aromatic carbocycles. The molecule has 0 saturated heterocycles. The van der Waals surface area contributed by atoms with Crippen molar-refractivity contribution in [1.82, 2.24) is 19.1 Å². The van der Waals surface area contributed by atoms with Gasteiger partial charge in [0, 0.05) is 59.2 Å². The Morgan fingerprint density at radius 1 is 0.500 bits per heavy atom. The van der Waals surface area contributed by atoms with E-state index < -0.39 is 0 Å². The van der Waals surface area contributed by atoms with E-state index in [2.05, 4.69) is 95.3 Å². The summed E-state index contributed by atoms with van der Waals surface area (Å²) >= 11 is 0. The highest BCUT2D eigenvalue weighted by atomic mass is 16.5. The summed E-state index contributed by atoms with van der Waals surface area (Å²) in [4.78, 5) is 9.34. The first-order valence-electron chi connectivity index (χ1n) is 18.6. The van der Waals surface area contributed by atoms with E-state index in [4.69, 9.17) is 9.47 Å². The van der Waals surface area contributed by atoms with Gasteiger partial charge in [-0.3, -0.25) is 9.97 Å². The molecule has 4 aromatic heterocycles. The molecule has 0 spiro atoms. The van der Waals surface area contributed by atoms with E-state index >= 15 is 0 Å². The van der Waals surface area contributed by atoms with E-state index in [0.29, 0.717) is 0 Å². The Hall–Kier alpha value is -4.06. The molecule has 0 aliphatic heterocycles. The number of ether oxygens (including phenoxy) is 2. The average Bonchev–Trinajstić information content (AvgIpc) is 3.59. The van der Waals surface area contributed by atoms with E-state index in [0.717, 1.165) is 74.9 Å². The zero-order valence-electron chi connectivity index (χ0n) is 29.7. The SMILES string of the molecule is CCCCCCOc1ccc2c3ccnc(C)c3n(CCCCCCn3c4cc(OCCCCCC)ccc4c4ccnc(C)c43)c2c1. The van der Waals surface area contributed by atoms with Gasteiger partial charge in [-0.15, -0.1) is 0 Å². The van der Waals surface area contributed by atoms with Crippen molar-refractivity contribution >= 4 is 43.6 Å².